The van der Waals surface area contributed by atoms with Gasteiger partial charge in [0, 0.05) is 34.5 Å². The van der Waals surface area contributed by atoms with Crippen LogP contribution in [-0.4, -0.2) is 20.5 Å². The largest absolute Gasteiger partial charge is 0.354 e. The van der Waals surface area contributed by atoms with Crippen molar-refractivity contribution in [1.82, 2.24) is 9.88 Å². The summed E-state index contributed by atoms with van der Waals surface area (Å²) in [6.45, 7) is 6.60. The van der Waals surface area contributed by atoms with E-state index in [1.54, 1.807) is 0 Å². The number of nitrogens with zero attached hydrogens (tertiary/aromatic N) is 1. The fraction of sp³-hybridized carbons (Fsp3) is 0.258. The van der Waals surface area contributed by atoms with Crippen LogP contribution in [0, 0.1) is 5.92 Å². The van der Waals surface area contributed by atoms with Crippen molar-refractivity contribution in [2.45, 2.75) is 44.5 Å². The van der Waals surface area contributed by atoms with E-state index in [1.807, 2.05) is 30.4 Å². The van der Waals surface area contributed by atoms with Gasteiger partial charge >= 0.3 is 0 Å². The Balaban J connectivity index is 1.87. The molecule has 0 saturated heterocycles. The van der Waals surface area contributed by atoms with Gasteiger partial charge in [0.1, 0.15) is 5.69 Å². The number of benzene rings is 2. The predicted octanol–water partition coefficient (Wildman–Crippen LogP) is 8.88. The molecule has 1 aromatic heterocycles. The van der Waals surface area contributed by atoms with Gasteiger partial charge in [0.15, 0.2) is 0 Å². The second-order valence-corrected chi connectivity index (χ2v) is 11.5. The molecular weight excluding hydrogens is 523 g/mol. The van der Waals surface area contributed by atoms with E-state index < -0.39 is 10.8 Å². The van der Waals surface area contributed by atoms with Gasteiger partial charge < -0.3 is 9.88 Å². The molecular formula is C31H29Cl3N2O. The molecule has 6 heteroatoms. The van der Waals surface area contributed by atoms with Gasteiger partial charge in [-0.1, -0.05) is 79.2 Å². The summed E-state index contributed by atoms with van der Waals surface area (Å²) in [7, 11) is 0. The Bertz CT molecular complexity index is 1410. The molecule has 37 heavy (non-hydrogen) atoms. The first-order chi connectivity index (χ1) is 17.7. The van der Waals surface area contributed by atoms with E-state index >= 15 is 0 Å². The molecule has 190 valence electrons. The van der Waals surface area contributed by atoms with Gasteiger partial charge in [-0.3, -0.25) is 4.79 Å². The van der Waals surface area contributed by atoms with Gasteiger partial charge in [-0.2, -0.15) is 0 Å². The number of fused-ring (bicyclic) bond motifs is 1. The van der Waals surface area contributed by atoms with Crippen LogP contribution in [0.15, 0.2) is 72.9 Å². The lowest BCUT2D eigenvalue weighted by Crippen LogP contribution is -2.37. The van der Waals surface area contributed by atoms with Crippen LogP contribution < -0.4 is 0 Å². The number of hydrogen-bond acceptors (Lipinski definition) is 2. The van der Waals surface area contributed by atoms with Crippen LogP contribution in [0.5, 0.6) is 0 Å². The molecule has 5 rings (SSSR count). The molecule has 2 aliphatic rings. The monoisotopic (exact) mass is 550 g/mol. The number of rotatable bonds is 5. The fourth-order valence-electron chi connectivity index (χ4n) is 5.45. The number of hydrogen-bond donors (Lipinski definition) is 1. The Kier molecular flexibility index (Phi) is 7.15. The summed E-state index contributed by atoms with van der Waals surface area (Å²) in [4.78, 5) is 18.5. The number of halogens is 3. The molecule has 3 nitrogen and oxygen atoms in total. The summed E-state index contributed by atoms with van der Waals surface area (Å²) in [6, 6.07) is 18.3. The summed E-state index contributed by atoms with van der Waals surface area (Å²) in [5.74, 6) is 0.192. The number of aromatic nitrogens is 1. The third-order valence-electron chi connectivity index (χ3n) is 7.40. The van der Waals surface area contributed by atoms with Crippen molar-refractivity contribution in [3.63, 3.8) is 0 Å². The minimum Gasteiger partial charge on any atom is -0.354 e. The molecule has 0 radical (unpaired) electrons. The first kappa shape index (κ1) is 25.9. The van der Waals surface area contributed by atoms with Gasteiger partial charge in [-0.15, -0.1) is 11.6 Å². The quantitative estimate of drug-likeness (QED) is 0.254. The molecule has 0 fully saturated rings. The molecule has 2 unspecified atom stereocenters. The molecule has 3 aromatic rings. The van der Waals surface area contributed by atoms with E-state index in [2.05, 4.69) is 79.3 Å². The van der Waals surface area contributed by atoms with Crippen molar-refractivity contribution in [2.24, 2.45) is 5.92 Å². The minimum atomic E-state index is -0.519. The molecule has 2 aromatic carbocycles. The summed E-state index contributed by atoms with van der Waals surface area (Å²) in [5.41, 5.74) is 6.95. The van der Waals surface area contributed by atoms with Gasteiger partial charge in [-0.25, -0.2) is 0 Å². The van der Waals surface area contributed by atoms with Gasteiger partial charge in [-0.05, 0) is 66.6 Å². The van der Waals surface area contributed by atoms with E-state index in [0.717, 1.165) is 45.6 Å². The van der Waals surface area contributed by atoms with Crippen molar-refractivity contribution in [1.29, 1.82) is 0 Å². The Morgan fingerprint density at radius 3 is 2.46 bits per heavy atom. The second-order valence-electron chi connectivity index (χ2n) is 10.2. The zero-order chi connectivity index (χ0) is 26.3. The number of H-pyrrole nitrogens is 1. The third-order valence-corrected chi connectivity index (χ3v) is 8.14. The number of carbonyl (C=O) groups excluding carboxylic acids is 1. The lowest BCUT2D eigenvalue weighted by molar-refractivity contribution is 0.107. The third kappa shape index (κ3) is 4.81. The van der Waals surface area contributed by atoms with Crippen LogP contribution in [-0.2, 0) is 12.0 Å². The highest BCUT2D eigenvalue weighted by molar-refractivity contribution is 6.67. The van der Waals surface area contributed by atoms with Crippen molar-refractivity contribution in [3.8, 4) is 0 Å². The zero-order valence-corrected chi connectivity index (χ0v) is 23.3. The van der Waals surface area contributed by atoms with E-state index in [-0.39, 0.29) is 11.3 Å². The zero-order valence-electron chi connectivity index (χ0n) is 21.1. The van der Waals surface area contributed by atoms with Crippen LogP contribution in [0.1, 0.15) is 65.6 Å². The molecule has 2 atom stereocenters. The lowest BCUT2D eigenvalue weighted by atomic mass is 9.84. The van der Waals surface area contributed by atoms with Crippen molar-refractivity contribution < 1.29 is 4.79 Å². The topological polar surface area (TPSA) is 36.1 Å². The Morgan fingerprint density at radius 2 is 1.78 bits per heavy atom. The standard InChI is InChI=1S/C31H29Cl3N2O/c1-19-8-7-17-36(31(2,3)21-11-13-22(32)14-12-21)29(26(19)20-9-5-4-6-10-20)27-24-16-15-23(33)18-25(24)35-28(27)30(34)37/h4-7,9-17,19,23,35H,8,18H2,1-3H3. The Labute approximate surface area is 233 Å². The average molecular weight is 552 g/mol. The summed E-state index contributed by atoms with van der Waals surface area (Å²) >= 11 is 19.0. The fourth-order valence-corrected chi connectivity index (χ4v) is 5.95. The first-order valence-electron chi connectivity index (χ1n) is 12.5. The van der Waals surface area contributed by atoms with Crippen molar-refractivity contribution in [2.75, 3.05) is 0 Å². The number of nitrogens with one attached hydrogen (secondary N) is 1. The maximum Gasteiger partial charge on any atom is 0.269 e. The van der Waals surface area contributed by atoms with E-state index in [1.165, 1.54) is 0 Å². The number of allylic oxidation sites excluding steroid dienone is 3. The summed E-state index contributed by atoms with van der Waals surface area (Å²) < 4.78 is 0. The maximum atomic E-state index is 12.9. The minimum absolute atomic E-state index is 0.144. The van der Waals surface area contributed by atoms with E-state index in [9.17, 15) is 4.79 Å². The smallest absolute Gasteiger partial charge is 0.269 e. The van der Waals surface area contributed by atoms with E-state index in [0.29, 0.717) is 17.1 Å². The van der Waals surface area contributed by atoms with E-state index in [4.69, 9.17) is 34.8 Å². The first-order valence-corrected chi connectivity index (χ1v) is 13.7. The van der Waals surface area contributed by atoms with Crippen LogP contribution >= 0.6 is 34.8 Å². The van der Waals surface area contributed by atoms with Crippen molar-refractivity contribution >= 4 is 57.4 Å². The van der Waals surface area contributed by atoms with Crippen LogP contribution in [0.2, 0.25) is 5.02 Å². The highest BCUT2D eigenvalue weighted by Gasteiger charge is 2.38. The SMILES string of the molecule is CC1CC=CN(C(C)(C)c2ccc(Cl)cc2)C(c2c(C(=O)Cl)[nH]c3c2C=CC(Cl)C3)=C1c1ccccc1. The lowest BCUT2D eigenvalue weighted by Gasteiger charge is -2.41. The molecule has 0 bridgehead atoms. The molecule has 1 aliphatic heterocycles. The van der Waals surface area contributed by atoms with Gasteiger partial charge in [0.25, 0.3) is 5.24 Å². The van der Waals surface area contributed by atoms with Crippen LogP contribution in [0.3, 0.4) is 0 Å². The van der Waals surface area contributed by atoms with Crippen LogP contribution in [0.25, 0.3) is 17.3 Å². The van der Waals surface area contributed by atoms with Crippen LogP contribution in [0.4, 0.5) is 0 Å². The summed E-state index contributed by atoms with van der Waals surface area (Å²) in [6.07, 6.45) is 9.83. The maximum absolute atomic E-state index is 12.9. The molecule has 1 aliphatic carbocycles. The average Bonchev–Trinajstić information content (AvgIpc) is 3.15. The van der Waals surface area contributed by atoms with Gasteiger partial charge in [0.05, 0.1) is 16.6 Å². The number of alkyl halides is 1. The molecule has 0 spiro atoms. The molecule has 1 N–H and O–H groups in total. The molecule has 2 heterocycles. The molecule has 0 saturated carbocycles. The Hall–Kier alpha value is -2.72. The predicted molar refractivity (Wildman–Crippen MR) is 156 cm³/mol. The highest BCUT2D eigenvalue weighted by Crippen LogP contribution is 2.47. The number of carbonyl (C=O) groups is 1. The number of aromatic amines is 1. The highest BCUT2D eigenvalue weighted by atomic mass is 35.5. The summed E-state index contributed by atoms with van der Waals surface area (Å²) in [5, 5.41) is 0.0270. The molecule has 0 amide bonds. The second kappa shape index (κ2) is 10.2. The normalized spacial score (nSPS) is 19.7. The van der Waals surface area contributed by atoms with Crippen molar-refractivity contribution in [3.05, 3.63) is 112 Å². The Morgan fingerprint density at radius 1 is 1.08 bits per heavy atom. The van der Waals surface area contributed by atoms with Gasteiger partial charge in [0.2, 0.25) is 0 Å².